The summed E-state index contributed by atoms with van der Waals surface area (Å²) in [6.45, 7) is 0.265. The summed E-state index contributed by atoms with van der Waals surface area (Å²) < 4.78 is 13.6. The Morgan fingerprint density at radius 1 is 0.964 bits per heavy atom. The van der Waals surface area contributed by atoms with Gasteiger partial charge in [-0.1, -0.05) is 29.8 Å². The van der Waals surface area contributed by atoms with Crippen molar-refractivity contribution < 1.29 is 14.0 Å². The number of benzene rings is 2. The van der Waals surface area contributed by atoms with Crippen LogP contribution in [0.1, 0.15) is 26.3 Å². The van der Waals surface area contributed by atoms with Crippen LogP contribution in [0.4, 0.5) is 10.1 Å². The van der Waals surface area contributed by atoms with E-state index in [1.54, 1.807) is 42.5 Å². The fourth-order valence-corrected chi connectivity index (χ4v) is 2.66. The molecule has 142 valence electrons. The number of nitrogens with one attached hydrogen (secondary N) is 2. The van der Waals surface area contributed by atoms with Gasteiger partial charge in [-0.05, 0) is 48.4 Å². The van der Waals surface area contributed by atoms with Crippen molar-refractivity contribution in [2.24, 2.45) is 0 Å². The molecule has 0 saturated carbocycles. The predicted octanol–water partition coefficient (Wildman–Crippen LogP) is 4.10. The van der Waals surface area contributed by atoms with Crippen LogP contribution < -0.4 is 10.6 Å². The molecule has 0 bridgehead atoms. The van der Waals surface area contributed by atoms with Gasteiger partial charge >= 0.3 is 0 Å². The first-order chi connectivity index (χ1) is 13.5. The van der Waals surface area contributed by atoms with Crippen LogP contribution in [0.25, 0.3) is 0 Å². The third-order valence-corrected chi connectivity index (χ3v) is 4.25. The molecule has 3 aromatic rings. The van der Waals surface area contributed by atoms with Crippen LogP contribution in [0.3, 0.4) is 0 Å². The minimum atomic E-state index is -0.393. The normalized spacial score (nSPS) is 10.4. The Hall–Kier alpha value is -3.25. The van der Waals surface area contributed by atoms with E-state index in [1.807, 2.05) is 0 Å². The van der Waals surface area contributed by atoms with E-state index in [0.29, 0.717) is 22.7 Å². The van der Waals surface area contributed by atoms with Gasteiger partial charge in [0.15, 0.2) is 0 Å². The molecule has 1 aromatic heterocycles. The number of nitrogens with zero attached hydrogens (tertiary/aromatic N) is 1. The van der Waals surface area contributed by atoms with E-state index in [2.05, 4.69) is 15.6 Å². The molecule has 0 unspecified atom stereocenters. The van der Waals surface area contributed by atoms with E-state index >= 15 is 0 Å². The Labute approximate surface area is 166 Å². The lowest BCUT2D eigenvalue weighted by molar-refractivity contribution is 0.0953. The van der Waals surface area contributed by atoms with Crippen LogP contribution >= 0.6 is 11.6 Å². The van der Waals surface area contributed by atoms with Gasteiger partial charge in [0.25, 0.3) is 11.8 Å². The van der Waals surface area contributed by atoms with Gasteiger partial charge in [0.05, 0.1) is 11.1 Å². The number of pyridine rings is 1. The molecule has 7 heteroatoms. The van der Waals surface area contributed by atoms with Crippen LogP contribution in [-0.4, -0.2) is 23.3 Å². The predicted molar refractivity (Wildman–Crippen MR) is 106 cm³/mol. The van der Waals surface area contributed by atoms with Crippen LogP contribution in [0, 0.1) is 5.82 Å². The summed E-state index contributed by atoms with van der Waals surface area (Å²) in [5.41, 5.74) is 1.60. The molecule has 3 rings (SSSR count). The molecule has 0 atom stereocenters. The van der Waals surface area contributed by atoms with E-state index in [9.17, 15) is 14.0 Å². The molecule has 2 N–H and O–H groups in total. The molecule has 2 amide bonds. The first-order valence-corrected chi connectivity index (χ1v) is 8.94. The van der Waals surface area contributed by atoms with Gasteiger partial charge in [-0.25, -0.2) is 4.39 Å². The Morgan fingerprint density at radius 3 is 2.36 bits per heavy atom. The molecule has 5 nitrogen and oxygen atoms in total. The van der Waals surface area contributed by atoms with Crippen molar-refractivity contribution in [1.82, 2.24) is 10.3 Å². The average Bonchev–Trinajstić information content (AvgIpc) is 2.71. The molecule has 0 aliphatic rings. The number of anilines is 1. The summed E-state index contributed by atoms with van der Waals surface area (Å²) in [5, 5.41) is 5.98. The number of hydrogen-bond acceptors (Lipinski definition) is 3. The van der Waals surface area contributed by atoms with Crippen molar-refractivity contribution in [3.05, 3.63) is 94.5 Å². The van der Waals surface area contributed by atoms with Gasteiger partial charge in [0.2, 0.25) is 0 Å². The summed E-state index contributed by atoms with van der Waals surface area (Å²) in [7, 11) is 0. The summed E-state index contributed by atoms with van der Waals surface area (Å²) in [4.78, 5) is 28.6. The largest absolute Gasteiger partial charge is 0.352 e. The minimum absolute atomic E-state index is 0.247. The van der Waals surface area contributed by atoms with E-state index in [4.69, 9.17) is 11.6 Å². The van der Waals surface area contributed by atoms with Gasteiger partial charge < -0.3 is 10.6 Å². The van der Waals surface area contributed by atoms with E-state index in [1.165, 1.54) is 24.5 Å². The zero-order chi connectivity index (χ0) is 19.9. The summed E-state index contributed by atoms with van der Waals surface area (Å²) >= 11 is 5.82. The Bertz CT molecular complexity index is 993. The van der Waals surface area contributed by atoms with E-state index < -0.39 is 5.91 Å². The fraction of sp³-hybridized carbons (Fsp3) is 0.0952. The second kappa shape index (κ2) is 9.10. The molecule has 0 spiro atoms. The van der Waals surface area contributed by atoms with Gasteiger partial charge in [-0.2, -0.15) is 0 Å². The number of aromatic nitrogens is 1. The maximum absolute atomic E-state index is 13.6. The lowest BCUT2D eigenvalue weighted by Gasteiger charge is -2.08. The molecule has 1 heterocycles. The zero-order valence-corrected chi connectivity index (χ0v) is 15.5. The molecule has 2 aromatic carbocycles. The van der Waals surface area contributed by atoms with Crippen molar-refractivity contribution >= 4 is 29.1 Å². The topological polar surface area (TPSA) is 71.1 Å². The Kier molecular flexibility index (Phi) is 6.34. The van der Waals surface area contributed by atoms with Crippen molar-refractivity contribution in [2.75, 3.05) is 11.9 Å². The van der Waals surface area contributed by atoms with Crippen LogP contribution in [-0.2, 0) is 6.42 Å². The average molecular weight is 398 g/mol. The molecular weight excluding hydrogens is 381 g/mol. The summed E-state index contributed by atoms with van der Waals surface area (Å²) in [6, 6.07) is 14.5. The second-order valence-corrected chi connectivity index (χ2v) is 6.46. The molecule has 0 saturated heterocycles. The first-order valence-electron chi connectivity index (χ1n) is 8.56. The lowest BCUT2D eigenvalue weighted by Crippen LogP contribution is -2.26. The molecule has 28 heavy (non-hydrogen) atoms. The van der Waals surface area contributed by atoms with Crippen molar-refractivity contribution in [2.45, 2.75) is 6.42 Å². The highest BCUT2D eigenvalue weighted by atomic mass is 35.5. The molecule has 0 aliphatic heterocycles. The number of carbonyl (C=O) groups excluding carboxylic acids is 2. The standard InChI is InChI=1S/C21H17ClFN3O2/c22-17-5-7-18(8-6-17)26-21(28)16-11-15(12-24-13-16)20(27)25-10-9-14-3-1-2-4-19(14)23/h1-8,11-13H,9-10H2,(H,25,27)(H,26,28). The van der Waals surface area contributed by atoms with Crippen LogP contribution in [0.2, 0.25) is 5.02 Å². The third-order valence-electron chi connectivity index (χ3n) is 4.00. The molecule has 0 fully saturated rings. The monoisotopic (exact) mass is 397 g/mol. The lowest BCUT2D eigenvalue weighted by atomic mass is 10.1. The minimum Gasteiger partial charge on any atom is -0.352 e. The second-order valence-electron chi connectivity index (χ2n) is 6.02. The molecule has 0 aliphatic carbocycles. The van der Waals surface area contributed by atoms with Gasteiger partial charge in [0, 0.05) is 29.6 Å². The summed E-state index contributed by atoms with van der Waals surface area (Å²) in [5.74, 6) is -1.08. The molecular formula is C21H17ClFN3O2. The van der Waals surface area contributed by atoms with Crippen molar-refractivity contribution in [1.29, 1.82) is 0 Å². The number of hydrogen-bond donors (Lipinski definition) is 2. The Balaban J connectivity index is 1.60. The SMILES string of the molecule is O=C(NCCc1ccccc1F)c1cncc(C(=O)Nc2ccc(Cl)cc2)c1. The first kappa shape index (κ1) is 19.5. The van der Waals surface area contributed by atoms with Crippen LogP contribution in [0.5, 0.6) is 0 Å². The fourth-order valence-electron chi connectivity index (χ4n) is 2.54. The van der Waals surface area contributed by atoms with E-state index in [-0.39, 0.29) is 29.4 Å². The highest BCUT2D eigenvalue weighted by molar-refractivity contribution is 6.30. The number of rotatable bonds is 6. The third kappa shape index (κ3) is 5.14. The van der Waals surface area contributed by atoms with Gasteiger partial charge in [0.1, 0.15) is 5.82 Å². The van der Waals surface area contributed by atoms with Gasteiger partial charge in [-0.15, -0.1) is 0 Å². The van der Waals surface area contributed by atoms with Crippen LogP contribution in [0.15, 0.2) is 67.0 Å². The van der Waals surface area contributed by atoms with Crippen molar-refractivity contribution in [3.8, 4) is 0 Å². The molecule has 0 radical (unpaired) electrons. The highest BCUT2D eigenvalue weighted by Crippen LogP contribution is 2.15. The highest BCUT2D eigenvalue weighted by Gasteiger charge is 2.12. The number of carbonyl (C=O) groups is 2. The smallest absolute Gasteiger partial charge is 0.257 e. The van der Waals surface area contributed by atoms with Gasteiger partial charge in [-0.3, -0.25) is 14.6 Å². The Morgan fingerprint density at radius 2 is 1.64 bits per heavy atom. The quantitative estimate of drug-likeness (QED) is 0.657. The number of amides is 2. The maximum atomic E-state index is 13.6. The zero-order valence-electron chi connectivity index (χ0n) is 14.8. The van der Waals surface area contributed by atoms with E-state index in [0.717, 1.165) is 0 Å². The van der Waals surface area contributed by atoms with Crippen molar-refractivity contribution in [3.63, 3.8) is 0 Å². The number of halogens is 2. The maximum Gasteiger partial charge on any atom is 0.257 e. The summed E-state index contributed by atoms with van der Waals surface area (Å²) in [6.07, 6.45) is 3.11.